The predicted octanol–water partition coefficient (Wildman–Crippen LogP) is 1.22. The molecule has 0 spiro atoms. The molecule has 0 aromatic heterocycles. The van der Waals surface area contributed by atoms with Gasteiger partial charge in [-0.2, -0.15) is 0 Å². The Kier molecular flexibility index (Phi) is 5.03. The SMILES string of the molecule is C=C(CO)N(C)CCCC. The molecule has 0 aliphatic carbocycles. The lowest BCUT2D eigenvalue weighted by Gasteiger charge is -2.19. The van der Waals surface area contributed by atoms with Gasteiger partial charge in [-0.15, -0.1) is 0 Å². The lowest BCUT2D eigenvalue weighted by Crippen LogP contribution is -2.20. The molecule has 0 amide bonds. The van der Waals surface area contributed by atoms with Crippen LogP contribution >= 0.6 is 0 Å². The van der Waals surface area contributed by atoms with Gasteiger partial charge in [-0.25, -0.2) is 0 Å². The molecule has 0 fully saturated rings. The lowest BCUT2D eigenvalue weighted by molar-refractivity contribution is 0.273. The molecule has 0 saturated heterocycles. The maximum absolute atomic E-state index is 8.66. The Bertz CT molecular complexity index is 101. The highest BCUT2D eigenvalue weighted by atomic mass is 16.3. The predicted molar refractivity (Wildman–Crippen MR) is 43.8 cm³/mol. The molecule has 2 heteroatoms. The largest absolute Gasteiger partial charge is 0.390 e. The van der Waals surface area contributed by atoms with Crippen molar-refractivity contribution >= 4 is 0 Å². The van der Waals surface area contributed by atoms with Crippen molar-refractivity contribution < 1.29 is 5.11 Å². The van der Waals surface area contributed by atoms with Crippen LogP contribution < -0.4 is 0 Å². The number of hydrogen-bond donors (Lipinski definition) is 1. The van der Waals surface area contributed by atoms with E-state index < -0.39 is 0 Å². The second-order valence-electron chi connectivity index (χ2n) is 2.50. The van der Waals surface area contributed by atoms with E-state index in [-0.39, 0.29) is 6.61 Å². The van der Waals surface area contributed by atoms with Crippen LogP contribution in [0.2, 0.25) is 0 Å². The molecule has 10 heavy (non-hydrogen) atoms. The molecule has 0 aromatic rings. The Hall–Kier alpha value is -0.500. The summed E-state index contributed by atoms with van der Waals surface area (Å²) in [5.41, 5.74) is 0.799. The number of aliphatic hydroxyl groups is 1. The van der Waals surface area contributed by atoms with E-state index >= 15 is 0 Å². The average Bonchev–Trinajstić information content (AvgIpc) is 1.98. The van der Waals surface area contributed by atoms with Crippen LogP contribution in [-0.2, 0) is 0 Å². The van der Waals surface area contributed by atoms with Crippen LogP contribution in [0.1, 0.15) is 19.8 Å². The third kappa shape index (κ3) is 3.51. The molecule has 0 radical (unpaired) electrons. The highest BCUT2D eigenvalue weighted by molar-refractivity contribution is 4.91. The zero-order chi connectivity index (χ0) is 7.98. The van der Waals surface area contributed by atoms with Gasteiger partial charge < -0.3 is 10.0 Å². The summed E-state index contributed by atoms with van der Waals surface area (Å²) in [6.07, 6.45) is 2.35. The number of aliphatic hydroxyl groups excluding tert-OH is 1. The molecular weight excluding hydrogens is 126 g/mol. The van der Waals surface area contributed by atoms with Crippen LogP contribution in [-0.4, -0.2) is 30.2 Å². The minimum absolute atomic E-state index is 0.0697. The quantitative estimate of drug-likeness (QED) is 0.625. The zero-order valence-electron chi connectivity index (χ0n) is 6.93. The van der Waals surface area contributed by atoms with Crippen molar-refractivity contribution in [2.45, 2.75) is 19.8 Å². The smallest absolute Gasteiger partial charge is 0.0823 e. The van der Waals surface area contributed by atoms with Gasteiger partial charge in [-0.1, -0.05) is 19.9 Å². The van der Waals surface area contributed by atoms with Crippen LogP contribution in [0, 0.1) is 0 Å². The van der Waals surface area contributed by atoms with Crippen molar-refractivity contribution in [2.75, 3.05) is 20.2 Å². The van der Waals surface area contributed by atoms with Crippen LogP contribution in [0.25, 0.3) is 0 Å². The second kappa shape index (κ2) is 5.30. The third-order valence-corrected chi connectivity index (χ3v) is 1.57. The van der Waals surface area contributed by atoms with Crippen LogP contribution in [0.15, 0.2) is 12.3 Å². The minimum atomic E-state index is 0.0697. The summed E-state index contributed by atoms with van der Waals surface area (Å²) in [6, 6.07) is 0. The first-order valence-corrected chi connectivity index (χ1v) is 3.72. The molecule has 1 N–H and O–H groups in total. The van der Waals surface area contributed by atoms with E-state index in [1.807, 2.05) is 11.9 Å². The summed E-state index contributed by atoms with van der Waals surface area (Å²) < 4.78 is 0. The molecule has 60 valence electrons. The van der Waals surface area contributed by atoms with Crippen molar-refractivity contribution in [2.24, 2.45) is 0 Å². The molecule has 0 unspecified atom stereocenters. The first-order chi connectivity index (χ1) is 4.72. The number of hydrogen-bond acceptors (Lipinski definition) is 2. The number of likely N-dealkylation sites (N-methyl/N-ethyl adjacent to an activating group) is 1. The van der Waals surface area contributed by atoms with Gasteiger partial charge in [0, 0.05) is 19.3 Å². The van der Waals surface area contributed by atoms with Crippen molar-refractivity contribution in [1.82, 2.24) is 4.90 Å². The molecule has 0 bridgehead atoms. The van der Waals surface area contributed by atoms with Crippen LogP contribution in [0.4, 0.5) is 0 Å². The molecule has 0 heterocycles. The summed E-state index contributed by atoms with van der Waals surface area (Å²) in [4.78, 5) is 1.99. The van der Waals surface area contributed by atoms with Gasteiger partial charge in [0.15, 0.2) is 0 Å². The summed E-state index contributed by atoms with van der Waals surface area (Å²) >= 11 is 0. The van der Waals surface area contributed by atoms with Crippen LogP contribution in [0.5, 0.6) is 0 Å². The zero-order valence-corrected chi connectivity index (χ0v) is 6.93. The summed E-state index contributed by atoms with van der Waals surface area (Å²) in [7, 11) is 1.95. The van der Waals surface area contributed by atoms with Gasteiger partial charge in [0.1, 0.15) is 0 Å². The fourth-order valence-electron chi connectivity index (χ4n) is 0.674. The Morgan fingerprint density at radius 2 is 2.20 bits per heavy atom. The van der Waals surface area contributed by atoms with Gasteiger partial charge in [-0.05, 0) is 6.42 Å². The highest BCUT2D eigenvalue weighted by Gasteiger charge is 1.97. The maximum atomic E-state index is 8.66. The maximum Gasteiger partial charge on any atom is 0.0823 e. The van der Waals surface area contributed by atoms with E-state index in [4.69, 9.17) is 5.11 Å². The van der Waals surface area contributed by atoms with Gasteiger partial charge in [0.25, 0.3) is 0 Å². The van der Waals surface area contributed by atoms with E-state index in [2.05, 4.69) is 13.5 Å². The third-order valence-electron chi connectivity index (χ3n) is 1.57. The van der Waals surface area contributed by atoms with Crippen molar-refractivity contribution in [3.8, 4) is 0 Å². The van der Waals surface area contributed by atoms with E-state index in [9.17, 15) is 0 Å². The van der Waals surface area contributed by atoms with Crippen molar-refractivity contribution in [3.05, 3.63) is 12.3 Å². The second-order valence-corrected chi connectivity index (χ2v) is 2.50. The Balaban J connectivity index is 3.41. The molecule has 0 aliphatic heterocycles. The van der Waals surface area contributed by atoms with E-state index in [0.29, 0.717) is 0 Å². The standard InChI is InChI=1S/C8H17NO/c1-4-5-6-9(3)8(2)7-10/h10H,2,4-7H2,1,3H3. The Labute approximate surface area is 63.2 Å². The topological polar surface area (TPSA) is 23.5 Å². The molecule has 0 aliphatic rings. The molecular formula is C8H17NO. The van der Waals surface area contributed by atoms with Gasteiger partial charge in [0.05, 0.1) is 6.61 Å². The molecule has 2 nitrogen and oxygen atoms in total. The first kappa shape index (κ1) is 9.50. The highest BCUT2D eigenvalue weighted by Crippen LogP contribution is 1.98. The summed E-state index contributed by atoms with van der Waals surface area (Å²) in [5.74, 6) is 0. The molecule has 0 atom stereocenters. The van der Waals surface area contributed by atoms with Gasteiger partial charge >= 0.3 is 0 Å². The van der Waals surface area contributed by atoms with E-state index in [1.165, 1.54) is 6.42 Å². The normalized spacial score (nSPS) is 9.50. The molecule has 0 rings (SSSR count). The fourth-order valence-corrected chi connectivity index (χ4v) is 0.674. The number of rotatable bonds is 5. The fraction of sp³-hybridized carbons (Fsp3) is 0.750. The van der Waals surface area contributed by atoms with Gasteiger partial charge in [-0.3, -0.25) is 0 Å². The van der Waals surface area contributed by atoms with Crippen molar-refractivity contribution in [3.63, 3.8) is 0 Å². The average molecular weight is 143 g/mol. The Morgan fingerprint density at radius 3 is 2.60 bits per heavy atom. The summed E-state index contributed by atoms with van der Waals surface area (Å²) in [5, 5.41) is 8.66. The van der Waals surface area contributed by atoms with Crippen LogP contribution in [0.3, 0.4) is 0 Å². The number of unbranched alkanes of at least 4 members (excludes halogenated alkanes) is 1. The monoisotopic (exact) mass is 143 g/mol. The summed E-state index contributed by atoms with van der Waals surface area (Å²) in [6.45, 7) is 6.92. The molecule has 0 aromatic carbocycles. The first-order valence-electron chi connectivity index (χ1n) is 3.72. The van der Waals surface area contributed by atoms with Crippen molar-refractivity contribution in [1.29, 1.82) is 0 Å². The van der Waals surface area contributed by atoms with Gasteiger partial charge in [0.2, 0.25) is 0 Å². The van der Waals surface area contributed by atoms with E-state index in [1.54, 1.807) is 0 Å². The van der Waals surface area contributed by atoms with E-state index in [0.717, 1.165) is 18.7 Å². The molecule has 0 saturated carbocycles. The Morgan fingerprint density at radius 1 is 1.60 bits per heavy atom. The number of nitrogens with zero attached hydrogens (tertiary/aromatic N) is 1. The lowest BCUT2D eigenvalue weighted by atomic mass is 10.3. The minimum Gasteiger partial charge on any atom is -0.390 e.